The highest BCUT2D eigenvalue weighted by Crippen LogP contribution is 2.41. The Morgan fingerprint density at radius 3 is 2.74 bits per heavy atom. The summed E-state index contributed by atoms with van der Waals surface area (Å²) in [6, 6.07) is 5.28. The van der Waals surface area contributed by atoms with Crippen LogP contribution in [0.3, 0.4) is 0 Å². The van der Waals surface area contributed by atoms with Crippen molar-refractivity contribution < 1.29 is 4.79 Å². The van der Waals surface area contributed by atoms with Gasteiger partial charge < -0.3 is 5.32 Å². The van der Waals surface area contributed by atoms with Crippen molar-refractivity contribution >= 4 is 17.2 Å². The third-order valence-electron chi connectivity index (χ3n) is 6.07. The van der Waals surface area contributed by atoms with E-state index >= 15 is 0 Å². The molecule has 1 saturated heterocycles. The minimum atomic E-state index is 0.145. The number of amides is 1. The van der Waals surface area contributed by atoms with Crippen molar-refractivity contribution in [3.8, 4) is 0 Å². The highest BCUT2D eigenvalue weighted by Gasteiger charge is 2.41. The standard InChI is InChI=1S/C19H28N2OS/c22-18(16-6-4-12-21(16)15-8-9-15)20-14-19(10-2-1-3-11-19)17-7-5-13-23-17/h5,7,13,15-16H,1-4,6,8-12,14H2,(H,20,22). The van der Waals surface area contributed by atoms with E-state index in [0.717, 1.165) is 19.5 Å². The van der Waals surface area contributed by atoms with Gasteiger partial charge in [-0.1, -0.05) is 25.3 Å². The summed E-state index contributed by atoms with van der Waals surface area (Å²) in [5.41, 5.74) is 0.199. The van der Waals surface area contributed by atoms with Crippen LogP contribution in [0.2, 0.25) is 0 Å². The number of nitrogens with zero attached hydrogens (tertiary/aromatic N) is 1. The molecule has 1 aromatic rings. The van der Waals surface area contributed by atoms with Gasteiger partial charge in [-0.25, -0.2) is 0 Å². The minimum Gasteiger partial charge on any atom is -0.354 e. The molecule has 2 aliphatic carbocycles. The van der Waals surface area contributed by atoms with Crippen LogP contribution in [0.5, 0.6) is 0 Å². The van der Waals surface area contributed by atoms with Gasteiger partial charge in [-0.05, 0) is 56.5 Å². The lowest BCUT2D eigenvalue weighted by Crippen LogP contribution is -2.49. The number of nitrogens with one attached hydrogen (secondary N) is 1. The molecule has 3 nitrogen and oxygen atoms in total. The zero-order valence-electron chi connectivity index (χ0n) is 13.9. The molecule has 1 unspecified atom stereocenters. The third-order valence-corrected chi connectivity index (χ3v) is 7.18. The molecule has 0 radical (unpaired) electrons. The lowest BCUT2D eigenvalue weighted by atomic mass is 9.73. The molecule has 4 rings (SSSR count). The van der Waals surface area contributed by atoms with Gasteiger partial charge in [0.05, 0.1) is 6.04 Å². The van der Waals surface area contributed by atoms with Crippen LogP contribution in [0.1, 0.15) is 62.7 Å². The molecule has 0 spiro atoms. The minimum absolute atomic E-state index is 0.145. The first-order valence-corrected chi connectivity index (χ1v) is 10.2. The fourth-order valence-corrected chi connectivity index (χ4v) is 5.59. The van der Waals surface area contributed by atoms with Gasteiger partial charge in [0, 0.05) is 22.9 Å². The Kier molecular flexibility index (Phi) is 4.46. The average molecular weight is 333 g/mol. The number of likely N-dealkylation sites (tertiary alicyclic amines) is 1. The second-order valence-electron chi connectivity index (χ2n) is 7.66. The fraction of sp³-hybridized carbons (Fsp3) is 0.737. The molecule has 126 valence electrons. The summed E-state index contributed by atoms with van der Waals surface area (Å²) in [5.74, 6) is 0.288. The van der Waals surface area contributed by atoms with E-state index < -0.39 is 0 Å². The van der Waals surface area contributed by atoms with E-state index in [1.807, 2.05) is 11.3 Å². The van der Waals surface area contributed by atoms with Gasteiger partial charge in [-0.15, -0.1) is 11.3 Å². The molecular formula is C19H28N2OS. The Morgan fingerprint density at radius 1 is 1.22 bits per heavy atom. The number of hydrogen-bond donors (Lipinski definition) is 1. The molecular weight excluding hydrogens is 304 g/mol. The summed E-state index contributed by atoms with van der Waals surface area (Å²) < 4.78 is 0. The largest absolute Gasteiger partial charge is 0.354 e. The summed E-state index contributed by atoms with van der Waals surface area (Å²) in [6.45, 7) is 1.96. The lowest BCUT2D eigenvalue weighted by Gasteiger charge is -2.37. The summed E-state index contributed by atoms with van der Waals surface area (Å²) in [7, 11) is 0. The van der Waals surface area contributed by atoms with E-state index in [2.05, 4.69) is 27.7 Å². The van der Waals surface area contributed by atoms with E-state index in [9.17, 15) is 4.79 Å². The molecule has 2 heterocycles. The topological polar surface area (TPSA) is 32.3 Å². The van der Waals surface area contributed by atoms with Gasteiger partial charge in [0.25, 0.3) is 0 Å². The second kappa shape index (κ2) is 6.56. The molecule has 1 amide bonds. The van der Waals surface area contributed by atoms with Crippen molar-refractivity contribution in [1.82, 2.24) is 10.2 Å². The van der Waals surface area contributed by atoms with Crippen molar-refractivity contribution in [2.45, 2.75) is 75.3 Å². The van der Waals surface area contributed by atoms with Crippen molar-refractivity contribution in [1.29, 1.82) is 0 Å². The molecule has 1 atom stereocenters. The van der Waals surface area contributed by atoms with Gasteiger partial charge in [-0.3, -0.25) is 9.69 Å². The molecule has 3 aliphatic rings. The van der Waals surface area contributed by atoms with Crippen LogP contribution in [0.25, 0.3) is 0 Å². The van der Waals surface area contributed by atoms with Crippen LogP contribution in [0.4, 0.5) is 0 Å². The van der Waals surface area contributed by atoms with Gasteiger partial charge in [0.2, 0.25) is 5.91 Å². The Morgan fingerprint density at radius 2 is 2.04 bits per heavy atom. The van der Waals surface area contributed by atoms with E-state index in [-0.39, 0.29) is 17.4 Å². The van der Waals surface area contributed by atoms with Crippen LogP contribution in [0, 0.1) is 0 Å². The van der Waals surface area contributed by atoms with E-state index in [1.54, 1.807) is 0 Å². The highest BCUT2D eigenvalue weighted by molar-refractivity contribution is 7.10. The maximum absolute atomic E-state index is 12.8. The highest BCUT2D eigenvalue weighted by atomic mass is 32.1. The van der Waals surface area contributed by atoms with Crippen LogP contribution >= 0.6 is 11.3 Å². The molecule has 1 N–H and O–H groups in total. The average Bonchev–Trinajstić information content (AvgIpc) is 3.08. The summed E-state index contributed by atoms with van der Waals surface area (Å²) >= 11 is 1.87. The van der Waals surface area contributed by atoms with Crippen LogP contribution in [0.15, 0.2) is 17.5 Å². The summed E-state index contributed by atoms with van der Waals surface area (Å²) in [4.78, 5) is 16.7. The van der Waals surface area contributed by atoms with Crippen molar-refractivity contribution in [2.24, 2.45) is 0 Å². The molecule has 0 bridgehead atoms. The van der Waals surface area contributed by atoms with Gasteiger partial charge in [0.1, 0.15) is 0 Å². The maximum atomic E-state index is 12.8. The normalized spacial score (nSPS) is 27.9. The second-order valence-corrected chi connectivity index (χ2v) is 8.61. The quantitative estimate of drug-likeness (QED) is 0.892. The van der Waals surface area contributed by atoms with Crippen molar-refractivity contribution in [3.63, 3.8) is 0 Å². The summed E-state index contributed by atoms with van der Waals surface area (Å²) in [6.07, 6.45) is 11.2. The summed E-state index contributed by atoms with van der Waals surface area (Å²) in [5, 5.41) is 5.54. The van der Waals surface area contributed by atoms with E-state index in [0.29, 0.717) is 6.04 Å². The zero-order chi connectivity index (χ0) is 15.7. The molecule has 1 aromatic heterocycles. The lowest BCUT2D eigenvalue weighted by molar-refractivity contribution is -0.126. The van der Waals surface area contributed by atoms with Gasteiger partial charge >= 0.3 is 0 Å². The van der Waals surface area contributed by atoms with Gasteiger partial charge in [0.15, 0.2) is 0 Å². The first kappa shape index (κ1) is 15.6. The number of hydrogen-bond acceptors (Lipinski definition) is 3. The Balaban J connectivity index is 1.42. The molecule has 3 fully saturated rings. The maximum Gasteiger partial charge on any atom is 0.237 e. The fourth-order valence-electron chi connectivity index (χ4n) is 4.61. The monoisotopic (exact) mass is 332 g/mol. The van der Waals surface area contributed by atoms with Gasteiger partial charge in [-0.2, -0.15) is 0 Å². The van der Waals surface area contributed by atoms with E-state index in [1.165, 1.54) is 56.2 Å². The first-order chi connectivity index (χ1) is 11.3. The molecule has 4 heteroatoms. The Hall–Kier alpha value is -0.870. The van der Waals surface area contributed by atoms with Crippen LogP contribution < -0.4 is 5.32 Å². The third kappa shape index (κ3) is 3.20. The predicted molar refractivity (Wildman–Crippen MR) is 94.8 cm³/mol. The zero-order valence-corrected chi connectivity index (χ0v) is 14.7. The predicted octanol–water partition coefficient (Wildman–Crippen LogP) is 3.69. The van der Waals surface area contributed by atoms with Crippen LogP contribution in [-0.4, -0.2) is 36.0 Å². The number of carbonyl (C=O) groups excluding carboxylic acids is 1. The number of thiophene rings is 1. The number of rotatable bonds is 5. The Bertz CT molecular complexity index is 532. The Labute approximate surface area is 143 Å². The number of carbonyl (C=O) groups is 1. The first-order valence-electron chi connectivity index (χ1n) is 9.36. The molecule has 23 heavy (non-hydrogen) atoms. The van der Waals surface area contributed by atoms with Crippen LogP contribution in [-0.2, 0) is 10.2 Å². The molecule has 2 saturated carbocycles. The van der Waals surface area contributed by atoms with Crippen molar-refractivity contribution in [3.05, 3.63) is 22.4 Å². The smallest absolute Gasteiger partial charge is 0.237 e. The SMILES string of the molecule is O=C(NCC1(c2cccs2)CCCCC1)C1CCCN1C1CC1. The molecule has 0 aromatic carbocycles. The van der Waals surface area contributed by atoms with Crippen molar-refractivity contribution in [2.75, 3.05) is 13.1 Å². The van der Waals surface area contributed by atoms with E-state index in [4.69, 9.17) is 0 Å². The molecule has 1 aliphatic heterocycles.